The van der Waals surface area contributed by atoms with E-state index in [1.54, 1.807) is 25.1 Å². The molecule has 0 amide bonds. The fraction of sp³-hybridized carbons (Fsp3) is 0.182. The zero-order valence-electron chi connectivity index (χ0n) is 9.51. The zero-order valence-corrected chi connectivity index (χ0v) is 10.3. The quantitative estimate of drug-likeness (QED) is 0.677. The standard InChI is InChI=1S/C11H10ClN3O3/c1-2-17-11(16)9-14-10(18-15-9)6-4-3-5-7(12)8(6)13/h3-5H,2,13H2,1H3. The number of halogens is 1. The number of hydrogen-bond acceptors (Lipinski definition) is 6. The average molecular weight is 268 g/mol. The van der Waals surface area contributed by atoms with Gasteiger partial charge in [0.2, 0.25) is 0 Å². The molecular weight excluding hydrogens is 258 g/mol. The summed E-state index contributed by atoms with van der Waals surface area (Å²) in [5, 5.41) is 3.90. The van der Waals surface area contributed by atoms with Crippen molar-refractivity contribution < 1.29 is 14.1 Å². The van der Waals surface area contributed by atoms with Gasteiger partial charge in [-0.3, -0.25) is 0 Å². The molecular formula is C11H10ClN3O3. The monoisotopic (exact) mass is 267 g/mol. The molecule has 0 bridgehead atoms. The Morgan fingerprint density at radius 1 is 1.56 bits per heavy atom. The fourth-order valence-corrected chi connectivity index (χ4v) is 1.51. The lowest BCUT2D eigenvalue weighted by Gasteiger charge is -2.01. The van der Waals surface area contributed by atoms with E-state index in [9.17, 15) is 4.79 Å². The fourth-order valence-electron chi connectivity index (χ4n) is 1.33. The highest BCUT2D eigenvalue weighted by atomic mass is 35.5. The highest BCUT2D eigenvalue weighted by molar-refractivity contribution is 6.33. The number of rotatable bonds is 3. The van der Waals surface area contributed by atoms with Crippen LogP contribution < -0.4 is 5.73 Å². The molecule has 1 heterocycles. The van der Waals surface area contributed by atoms with E-state index in [4.69, 9.17) is 26.6 Å². The van der Waals surface area contributed by atoms with Crippen molar-refractivity contribution in [2.75, 3.05) is 12.3 Å². The minimum Gasteiger partial charge on any atom is -0.460 e. The van der Waals surface area contributed by atoms with Crippen molar-refractivity contribution in [2.45, 2.75) is 6.92 Å². The first-order chi connectivity index (χ1) is 8.63. The van der Waals surface area contributed by atoms with E-state index in [2.05, 4.69) is 10.1 Å². The smallest absolute Gasteiger partial charge is 0.379 e. The van der Waals surface area contributed by atoms with E-state index < -0.39 is 5.97 Å². The van der Waals surface area contributed by atoms with Gasteiger partial charge in [0, 0.05) is 0 Å². The van der Waals surface area contributed by atoms with Crippen LogP contribution in [0.4, 0.5) is 5.69 Å². The first-order valence-corrected chi connectivity index (χ1v) is 5.56. The molecule has 18 heavy (non-hydrogen) atoms. The summed E-state index contributed by atoms with van der Waals surface area (Å²) in [6, 6.07) is 5.01. The van der Waals surface area contributed by atoms with Crippen LogP contribution in [0.15, 0.2) is 22.7 Å². The summed E-state index contributed by atoms with van der Waals surface area (Å²) in [5.74, 6) is -0.669. The molecule has 0 fully saturated rings. The van der Waals surface area contributed by atoms with Gasteiger partial charge in [-0.15, -0.1) is 0 Å². The van der Waals surface area contributed by atoms with Crippen molar-refractivity contribution in [3.63, 3.8) is 0 Å². The maximum Gasteiger partial charge on any atom is 0.379 e. The minimum atomic E-state index is -0.645. The third-order valence-corrected chi connectivity index (χ3v) is 2.50. The highest BCUT2D eigenvalue weighted by Crippen LogP contribution is 2.30. The number of carbonyl (C=O) groups is 1. The van der Waals surface area contributed by atoms with Crippen LogP contribution in [0.5, 0.6) is 0 Å². The summed E-state index contributed by atoms with van der Waals surface area (Å²) in [4.78, 5) is 15.3. The maximum atomic E-state index is 11.4. The summed E-state index contributed by atoms with van der Waals surface area (Å²) in [6.45, 7) is 1.93. The van der Waals surface area contributed by atoms with Gasteiger partial charge in [0.25, 0.3) is 11.7 Å². The van der Waals surface area contributed by atoms with Crippen LogP contribution in [0.3, 0.4) is 0 Å². The predicted molar refractivity (Wildman–Crippen MR) is 65.1 cm³/mol. The van der Waals surface area contributed by atoms with Crippen molar-refractivity contribution in [3.8, 4) is 11.5 Å². The van der Waals surface area contributed by atoms with E-state index >= 15 is 0 Å². The molecule has 0 atom stereocenters. The van der Waals surface area contributed by atoms with E-state index in [0.29, 0.717) is 16.3 Å². The largest absolute Gasteiger partial charge is 0.460 e. The van der Waals surface area contributed by atoms with Gasteiger partial charge in [-0.2, -0.15) is 4.98 Å². The Morgan fingerprint density at radius 2 is 2.33 bits per heavy atom. The number of ether oxygens (including phenoxy) is 1. The minimum absolute atomic E-state index is 0.123. The second-order valence-electron chi connectivity index (χ2n) is 3.34. The Balaban J connectivity index is 2.35. The van der Waals surface area contributed by atoms with Crippen molar-refractivity contribution in [1.29, 1.82) is 0 Å². The molecule has 7 heteroatoms. The van der Waals surface area contributed by atoms with Gasteiger partial charge in [0.15, 0.2) is 0 Å². The van der Waals surface area contributed by atoms with E-state index in [1.807, 2.05) is 0 Å². The lowest BCUT2D eigenvalue weighted by atomic mass is 10.2. The molecule has 0 radical (unpaired) electrons. The third kappa shape index (κ3) is 2.28. The summed E-state index contributed by atoms with van der Waals surface area (Å²) >= 11 is 5.88. The molecule has 0 aliphatic heterocycles. The molecule has 2 N–H and O–H groups in total. The Hall–Kier alpha value is -2.08. The molecule has 94 valence electrons. The Kier molecular flexibility index (Phi) is 3.47. The van der Waals surface area contributed by atoms with Crippen LogP contribution in [-0.4, -0.2) is 22.7 Å². The molecule has 1 aromatic heterocycles. The first kappa shape index (κ1) is 12.4. The second kappa shape index (κ2) is 5.05. The van der Waals surface area contributed by atoms with Gasteiger partial charge in [-0.1, -0.05) is 17.7 Å². The van der Waals surface area contributed by atoms with Crippen molar-refractivity contribution in [3.05, 3.63) is 29.0 Å². The number of nitrogens with two attached hydrogens (primary N) is 1. The summed E-state index contributed by atoms with van der Waals surface area (Å²) in [7, 11) is 0. The second-order valence-corrected chi connectivity index (χ2v) is 3.75. The summed E-state index contributed by atoms with van der Waals surface area (Å²) < 4.78 is 9.70. The van der Waals surface area contributed by atoms with Crippen molar-refractivity contribution >= 4 is 23.3 Å². The number of carbonyl (C=O) groups excluding carboxylic acids is 1. The van der Waals surface area contributed by atoms with Crippen molar-refractivity contribution in [1.82, 2.24) is 10.1 Å². The normalized spacial score (nSPS) is 10.3. The molecule has 0 saturated carbocycles. The van der Waals surface area contributed by atoms with Crippen LogP contribution in [0.2, 0.25) is 5.02 Å². The van der Waals surface area contributed by atoms with Crippen LogP contribution in [0, 0.1) is 0 Å². The van der Waals surface area contributed by atoms with E-state index in [0.717, 1.165) is 0 Å². The zero-order chi connectivity index (χ0) is 13.1. The van der Waals surface area contributed by atoms with Crippen LogP contribution >= 0.6 is 11.6 Å². The SMILES string of the molecule is CCOC(=O)c1noc(-c2cccc(Cl)c2N)n1. The molecule has 2 aromatic rings. The number of para-hydroxylation sites is 1. The molecule has 0 spiro atoms. The third-order valence-electron chi connectivity index (χ3n) is 2.17. The Bertz CT molecular complexity index is 583. The average Bonchev–Trinajstić information content (AvgIpc) is 2.82. The lowest BCUT2D eigenvalue weighted by molar-refractivity contribution is 0.0508. The number of benzene rings is 1. The lowest BCUT2D eigenvalue weighted by Crippen LogP contribution is -2.06. The molecule has 6 nitrogen and oxygen atoms in total. The van der Waals surface area contributed by atoms with Crippen LogP contribution in [0.25, 0.3) is 11.5 Å². The summed E-state index contributed by atoms with van der Waals surface area (Å²) in [6.07, 6.45) is 0. The topological polar surface area (TPSA) is 91.2 Å². The van der Waals surface area contributed by atoms with Crippen LogP contribution in [0.1, 0.15) is 17.5 Å². The number of esters is 1. The number of hydrogen-bond donors (Lipinski definition) is 1. The number of anilines is 1. The van der Waals surface area contributed by atoms with E-state index in [-0.39, 0.29) is 18.3 Å². The number of nitrogen functional groups attached to an aromatic ring is 1. The van der Waals surface area contributed by atoms with Gasteiger partial charge < -0.3 is 15.0 Å². The van der Waals surface area contributed by atoms with E-state index in [1.165, 1.54) is 0 Å². The van der Waals surface area contributed by atoms with Gasteiger partial charge in [-0.25, -0.2) is 4.79 Å². The van der Waals surface area contributed by atoms with Gasteiger partial charge in [0.05, 0.1) is 22.9 Å². The summed E-state index contributed by atoms with van der Waals surface area (Å²) in [5.41, 5.74) is 6.58. The Morgan fingerprint density at radius 3 is 3.06 bits per heavy atom. The van der Waals surface area contributed by atoms with Gasteiger partial charge in [0.1, 0.15) is 0 Å². The molecule has 0 saturated heterocycles. The first-order valence-electron chi connectivity index (χ1n) is 5.18. The molecule has 2 rings (SSSR count). The Labute approximate surface area is 108 Å². The molecule has 0 aliphatic carbocycles. The van der Waals surface area contributed by atoms with Crippen LogP contribution in [-0.2, 0) is 4.74 Å². The molecule has 0 aliphatic rings. The maximum absolute atomic E-state index is 11.4. The van der Waals surface area contributed by atoms with Gasteiger partial charge >= 0.3 is 5.97 Å². The highest BCUT2D eigenvalue weighted by Gasteiger charge is 2.18. The molecule has 1 aromatic carbocycles. The molecule has 0 unspecified atom stereocenters. The predicted octanol–water partition coefficient (Wildman–Crippen LogP) is 2.15. The van der Waals surface area contributed by atoms with Gasteiger partial charge in [-0.05, 0) is 24.2 Å². The van der Waals surface area contributed by atoms with Crippen molar-refractivity contribution in [2.24, 2.45) is 0 Å². The number of aromatic nitrogens is 2. The number of nitrogens with zero attached hydrogens (tertiary/aromatic N) is 2.